The average molecular weight is 326 g/mol. The SMILES string of the molecule is CCC(=Cc1ccccc1)C(=O)OC(C(=O)O)c1cccc(O)c1. The van der Waals surface area contributed by atoms with Crippen LogP contribution >= 0.6 is 0 Å². The molecule has 124 valence electrons. The summed E-state index contributed by atoms with van der Waals surface area (Å²) in [6, 6.07) is 14.9. The molecule has 5 heteroatoms. The molecule has 0 amide bonds. The molecule has 2 N–H and O–H groups in total. The zero-order chi connectivity index (χ0) is 17.5. The number of phenols is 1. The van der Waals surface area contributed by atoms with E-state index in [1.165, 1.54) is 24.3 Å². The van der Waals surface area contributed by atoms with Crippen molar-refractivity contribution in [3.05, 3.63) is 71.3 Å². The van der Waals surface area contributed by atoms with Crippen LogP contribution in [0.3, 0.4) is 0 Å². The molecule has 2 rings (SSSR count). The maximum atomic E-state index is 12.3. The fourth-order valence-corrected chi connectivity index (χ4v) is 2.19. The third-order valence-corrected chi connectivity index (χ3v) is 3.41. The van der Waals surface area contributed by atoms with E-state index in [1.54, 1.807) is 13.0 Å². The van der Waals surface area contributed by atoms with E-state index in [2.05, 4.69) is 0 Å². The topological polar surface area (TPSA) is 83.8 Å². The maximum absolute atomic E-state index is 12.3. The number of carbonyl (C=O) groups is 2. The second kappa shape index (κ2) is 7.97. The van der Waals surface area contributed by atoms with Crippen LogP contribution in [0.4, 0.5) is 0 Å². The Balaban J connectivity index is 2.23. The maximum Gasteiger partial charge on any atom is 0.349 e. The number of rotatable bonds is 6. The minimum absolute atomic E-state index is 0.0923. The van der Waals surface area contributed by atoms with Gasteiger partial charge in [0.1, 0.15) is 5.75 Å². The highest BCUT2D eigenvalue weighted by Crippen LogP contribution is 2.24. The highest BCUT2D eigenvalue weighted by molar-refractivity contribution is 5.95. The van der Waals surface area contributed by atoms with Gasteiger partial charge in [-0.15, -0.1) is 0 Å². The first-order valence-corrected chi connectivity index (χ1v) is 7.49. The second-order valence-corrected chi connectivity index (χ2v) is 5.15. The minimum atomic E-state index is -1.48. The molecule has 2 aromatic rings. The van der Waals surface area contributed by atoms with Crippen LogP contribution in [0, 0.1) is 0 Å². The molecule has 0 aliphatic rings. The molecule has 0 aliphatic carbocycles. The second-order valence-electron chi connectivity index (χ2n) is 5.15. The van der Waals surface area contributed by atoms with Crippen molar-refractivity contribution in [3.63, 3.8) is 0 Å². The van der Waals surface area contributed by atoms with Crippen molar-refractivity contribution in [1.82, 2.24) is 0 Å². The van der Waals surface area contributed by atoms with Gasteiger partial charge in [0.05, 0.1) is 0 Å². The van der Waals surface area contributed by atoms with Gasteiger partial charge in [-0.25, -0.2) is 9.59 Å². The molecule has 0 saturated carbocycles. The Hall–Kier alpha value is -3.08. The van der Waals surface area contributed by atoms with Crippen LogP contribution in [0.5, 0.6) is 5.75 Å². The van der Waals surface area contributed by atoms with E-state index < -0.39 is 18.0 Å². The Bertz CT molecular complexity index is 749. The minimum Gasteiger partial charge on any atom is -0.508 e. The lowest BCUT2D eigenvalue weighted by atomic mass is 10.1. The highest BCUT2D eigenvalue weighted by Gasteiger charge is 2.26. The predicted octanol–water partition coefficient (Wildman–Crippen LogP) is 3.55. The summed E-state index contributed by atoms with van der Waals surface area (Å²) in [6.45, 7) is 1.79. The van der Waals surface area contributed by atoms with Crippen LogP contribution in [-0.2, 0) is 14.3 Å². The number of phenolic OH excluding ortho intramolecular Hbond substituents is 1. The number of hydrogen-bond donors (Lipinski definition) is 2. The van der Waals surface area contributed by atoms with Crippen LogP contribution in [0.15, 0.2) is 60.2 Å². The summed E-state index contributed by atoms with van der Waals surface area (Å²) >= 11 is 0. The highest BCUT2D eigenvalue weighted by atomic mass is 16.6. The number of esters is 1. The first-order chi connectivity index (χ1) is 11.5. The summed E-state index contributed by atoms with van der Waals surface area (Å²) in [5, 5.41) is 18.8. The Kier molecular flexibility index (Phi) is 5.73. The van der Waals surface area contributed by atoms with Gasteiger partial charge in [0, 0.05) is 11.1 Å². The van der Waals surface area contributed by atoms with Gasteiger partial charge in [-0.05, 0) is 30.2 Å². The van der Waals surface area contributed by atoms with Crippen LogP contribution < -0.4 is 0 Å². The standard InChI is InChI=1S/C19H18O5/c1-2-14(11-13-7-4-3-5-8-13)19(23)24-17(18(21)22)15-9-6-10-16(20)12-15/h3-12,17,20H,2H2,1H3,(H,21,22). The van der Waals surface area contributed by atoms with Gasteiger partial charge in [-0.1, -0.05) is 49.4 Å². The van der Waals surface area contributed by atoms with Crippen molar-refractivity contribution in [2.75, 3.05) is 0 Å². The Morgan fingerprint density at radius 2 is 1.83 bits per heavy atom. The van der Waals surface area contributed by atoms with Crippen molar-refractivity contribution in [2.45, 2.75) is 19.4 Å². The fraction of sp³-hybridized carbons (Fsp3) is 0.158. The zero-order valence-electron chi connectivity index (χ0n) is 13.2. The molecule has 2 aromatic carbocycles. The molecule has 1 unspecified atom stereocenters. The summed E-state index contributed by atoms with van der Waals surface area (Å²) in [5.41, 5.74) is 1.40. The lowest BCUT2D eigenvalue weighted by Gasteiger charge is -2.15. The largest absolute Gasteiger partial charge is 0.508 e. The summed E-state index contributed by atoms with van der Waals surface area (Å²) in [4.78, 5) is 23.8. The average Bonchev–Trinajstić information content (AvgIpc) is 2.58. The number of aliphatic carboxylic acids is 1. The molecule has 5 nitrogen and oxygen atoms in total. The number of carbonyl (C=O) groups excluding carboxylic acids is 1. The third-order valence-electron chi connectivity index (χ3n) is 3.41. The summed E-state index contributed by atoms with van der Waals surface area (Å²) in [7, 11) is 0. The van der Waals surface area contributed by atoms with Crippen LogP contribution in [0.2, 0.25) is 0 Å². The number of ether oxygens (including phenoxy) is 1. The zero-order valence-corrected chi connectivity index (χ0v) is 13.2. The van der Waals surface area contributed by atoms with Crippen LogP contribution in [-0.4, -0.2) is 22.2 Å². The van der Waals surface area contributed by atoms with E-state index >= 15 is 0 Å². The van der Waals surface area contributed by atoms with Crippen LogP contribution in [0.25, 0.3) is 6.08 Å². The van der Waals surface area contributed by atoms with E-state index in [9.17, 15) is 19.8 Å². The van der Waals surface area contributed by atoms with Crippen molar-refractivity contribution < 1.29 is 24.5 Å². The molecule has 0 bridgehead atoms. The predicted molar refractivity (Wildman–Crippen MR) is 89.3 cm³/mol. The lowest BCUT2D eigenvalue weighted by molar-refractivity contribution is -0.162. The van der Waals surface area contributed by atoms with Crippen molar-refractivity contribution >= 4 is 18.0 Å². The smallest absolute Gasteiger partial charge is 0.349 e. The Morgan fingerprint density at radius 3 is 2.42 bits per heavy atom. The van der Waals surface area contributed by atoms with Crippen molar-refractivity contribution in [1.29, 1.82) is 0 Å². The normalized spacial score (nSPS) is 12.5. The molecule has 0 radical (unpaired) electrons. The number of aromatic hydroxyl groups is 1. The first kappa shape index (κ1) is 17.3. The van der Waals surface area contributed by atoms with Gasteiger partial charge < -0.3 is 14.9 Å². The fourth-order valence-electron chi connectivity index (χ4n) is 2.19. The Labute approximate surface area is 139 Å². The third kappa shape index (κ3) is 4.46. The van der Waals surface area contributed by atoms with Gasteiger partial charge in [-0.2, -0.15) is 0 Å². The van der Waals surface area contributed by atoms with E-state index in [-0.39, 0.29) is 11.3 Å². The molecule has 1 atom stereocenters. The summed E-state index contributed by atoms with van der Waals surface area (Å²) < 4.78 is 5.16. The van der Waals surface area contributed by atoms with Crippen LogP contribution in [0.1, 0.15) is 30.6 Å². The summed E-state index contributed by atoms with van der Waals surface area (Å²) in [5.74, 6) is -2.09. The number of carboxylic acid groups (broad SMARTS) is 1. The molecular weight excluding hydrogens is 308 g/mol. The first-order valence-electron chi connectivity index (χ1n) is 7.49. The van der Waals surface area contributed by atoms with Gasteiger partial charge >= 0.3 is 11.9 Å². The molecule has 0 fully saturated rings. The van der Waals surface area contributed by atoms with E-state index in [4.69, 9.17) is 4.74 Å². The molecule has 0 heterocycles. The molecule has 24 heavy (non-hydrogen) atoms. The van der Waals surface area contributed by atoms with Crippen molar-refractivity contribution in [3.8, 4) is 5.75 Å². The Morgan fingerprint density at radius 1 is 1.12 bits per heavy atom. The van der Waals surface area contributed by atoms with Gasteiger partial charge in [0.15, 0.2) is 0 Å². The molecule has 0 saturated heterocycles. The molecule has 0 aromatic heterocycles. The summed E-state index contributed by atoms with van der Waals surface area (Å²) in [6.07, 6.45) is 0.597. The molecule has 0 aliphatic heterocycles. The number of hydrogen-bond acceptors (Lipinski definition) is 4. The molecular formula is C19H18O5. The van der Waals surface area contributed by atoms with E-state index in [1.807, 2.05) is 30.3 Å². The monoisotopic (exact) mass is 326 g/mol. The van der Waals surface area contributed by atoms with Gasteiger partial charge in [-0.3, -0.25) is 0 Å². The lowest BCUT2D eigenvalue weighted by Crippen LogP contribution is -2.20. The van der Waals surface area contributed by atoms with E-state index in [0.717, 1.165) is 5.56 Å². The van der Waals surface area contributed by atoms with Crippen molar-refractivity contribution in [2.24, 2.45) is 0 Å². The van der Waals surface area contributed by atoms with Gasteiger partial charge in [0.2, 0.25) is 6.10 Å². The van der Waals surface area contributed by atoms with Gasteiger partial charge in [0.25, 0.3) is 0 Å². The number of carboxylic acids is 1. The van der Waals surface area contributed by atoms with E-state index in [0.29, 0.717) is 12.0 Å². The molecule has 0 spiro atoms. The quantitative estimate of drug-likeness (QED) is 0.626. The number of benzene rings is 2.